The number of hydrogen-bond acceptors (Lipinski definition) is 4. The minimum absolute atomic E-state index is 0.632. The first-order valence-corrected chi connectivity index (χ1v) is 5.84. The second-order valence-corrected chi connectivity index (χ2v) is 3.60. The first kappa shape index (κ1) is 13.8. The molecule has 0 spiro atoms. The maximum atomic E-state index is 5.62. The predicted octanol–water partition coefficient (Wildman–Crippen LogP) is 1.70. The van der Waals surface area contributed by atoms with Crippen molar-refractivity contribution < 1.29 is 14.2 Å². The van der Waals surface area contributed by atoms with Crippen LogP contribution in [0.1, 0.15) is 6.42 Å². The third-order valence-electron chi connectivity index (χ3n) is 2.31. The van der Waals surface area contributed by atoms with Gasteiger partial charge in [-0.25, -0.2) is 0 Å². The van der Waals surface area contributed by atoms with E-state index in [1.807, 2.05) is 24.3 Å². The summed E-state index contributed by atoms with van der Waals surface area (Å²) in [6.45, 7) is 3.19. The van der Waals surface area contributed by atoms with E-state index in [0.29, 0.717) is 6.61 Å². The summed E-state index contributed by atoms with van der Waals surface area (Å²) in [5.41, 5.74) is 0. The van der Waals surface area contributed by atoms with Crippen molar-refractivity contribution in [3.8, 4) is 11.5 Å². The molecule has 1 rings (SSSR count). The van der Waals surface area contributed by atoms with Gasteiger partial charge in [-0.2, -0.15) is 0 Å². The summed E-state index contributed by atoms with van der Waals surface area (Å²) in [7, 11) is 3.36. The Hall–Kier alpha value is -1.26. The van der Waals surface area contributed by atoms with Crippen molar-refractivity contribution in [3.63, 3.8) is 0 Å². The lowest BCUT2D eigenvalue weighted by Gasteiger charge is -2.10. The summed E-state index contributed by atoms with van der Waals surface area (Å²) in [6, 6.07) is 7.66. The number of ether oxygens (including phenoxy) is 3. The molecule has 0 saturated heterocycles. The monoisotopic (exact) mass is 239 g/mol. The van der Waals surface area contributed by atoms with Gasteiger partial charge in [-0.1, -0.05) is 12.1 Å². The lowest BCUT2D eigenvalue weighted by Crippen LogP contribution is -2.22. The lowest BCUT2D eigenvalue weighted by molar-refractivity contribution is 0.193. The van der Waals surface area contributed by atoms with Gasteiger partial charge >= 0.3 is 0 Å². The summed E-state index contributed by atoms with van der Waals surface area (Å²) in [6.07, 6.45) is 1.02. The maximum absolute atomic E-state index is 5.62. The molecule has 0 fully saturated rings. The molecule has 0 bridgehead atoms. The average Bonchev–Trinajstić information content (AvgIpc) is 2.38. The molecule has 4 heteroatoms. The molecule has 0 radical (unpaired) electrons. The van der Waals surface area contributed by atoms with Gasteiger partial charge in [-0.15, -0.1) is 0 Å². The molecule has 0 aliphatic heterocycles. The summed E-state index contributed by atoms with van der Waals surface area (Å²) in [5, 5.41) is 3.28. The fraction of sp³-hybridized carbons (Fsp3) is 0.538. The highest BCUT2D eigenvalue weighted by molar-refractivity contribution is 5.39. The summed E-state index contributed by atoms with van der Waals surface area (Å²) in [4.78, 5) is 0. The molecule has 0 atom stereocenters. The van der Waals surface area contributed by atoms with Crippen molar-refractivity contribution in [3.05, 3.63) is 24.3 Å². The van der Waals surface area contributed by atoms with Crippen molar-refractivity contribution >= 4 is 0 Å². The van der Waals surface area contributed by atoms with Crippen LogP contribution < -0.4 is 14.8 Å². The van der Waals surface area contributed by atoms with E-state index in [1.165, 1.54) is 0 Å². The predicted molar refractivity (Wildman–Crippen MR) is 67.9 cm³/mol. The van der Waals surface area contributed by atoms with E-state index in [4.69, 9.17) is 14.2 Å². The van der Waals surface area contributed by atoms with Gasteiger partial charge in [0.15, 0.2) is 11.5 Å². The Kier molecular flexibility index (Phi) is 7.18. The number of para-hydroxylation sites is 2. The van der Waals surface area contributed by atoms with E-state index in [0.717, 1.165) is 37.6 Å². The first-order valence-electron chi connectivity index (χ1n) is 5.84. The SMILES string of the molecule is COCCCNCCOc1ccccc1OC. The van der Waals surface area contributed by atoms with Gasteiger partial charge in [0.25, 0.3) is 0 Å². The van der Waals surface area contributed by atoms with E-state index in [1.54, 1.807) is 14.2 Å². The molecular formula is C13H21NO3. The quantitative estimate of drug-likeness (QED) is 0.666. The van der Waals surface area contributed by atoms with Crippen molar-refractivity contribution in [2.45, 2.75) is 6.42 Å². The number of rotatable bonds is 9. The Morgan fingerprint density at radius 2 is 1.76 bits per heavy atom. The third-order valence-corrected chi connectivity index (χ3v) is 2.31. The zero-order chi connectivity index (χ0) is 12.3. The average molecular weight is 239 g/mol. The third kappa shape index (κ3) is 5.56. The van der Waals surface area contributed by atoms with Crippen LogP contribution in [0.25, 0.3) is 0 Å². The molecular weight excluding hydrogens is 218 g/mol. The second-order valence-electron chi connectivity index (χ2n) is 3.60. The minimum atomic E-state index is 0.632. The van der Waals surface area contributed by atoms with Crippen molar-refractivity contribution in [1.29, 1.82) is 0 Å². The van der Waals surface area contributed by atoms with E-state index in [9.17, 15) is 0 Å². The molecule has 1 aromatic rings. The van der Waals surface area contributed by atoms with Crippen LogP contribution >= 0.6 is 0 Å². The summed E-state index contributed by atoms with van der Waals surface area (Å²) in [5.74, 6) is 1.56. The Bertz CT molecular complexity index is 304. The van der Waals surface area contributed by atoms with E-state index in [2.05, 4.69) is 5.32 Å². The van der Waals surface area contributed by atoms with Crippen LogP contribution in [0.3, 0.4) is 0 Å². The van der Waals surface area contributed by atoms with Gasteiger partial charge in [-0.05, 0) is 25.1 Å². The lowest BCUT2D eigenvalue weighted by atomic mass is 10.3. The fourth-order valence-corrected chi connectivity index (χ4v) is 1.44. The van der Waals surface area contributed by atoms with Gasteiger partial charge in [-0.3, -0.25) is 0 Å². The zero-order valence-corrected chi connectivity index (χ0v) is 10.6. The van der Waals surface area contributed by atoms with E-state index in [-0.39, 0.29) is 0 Å². The molecule has 0 unspecified atom stereocenters. The van der Waals surface area contributed by atoms with Gasteiger partial charge in [0, 0.05) is 20.3 Å². The number of nitrogens with one attached hydrogen (secondary N) is 1. The molecule has 1 N–H and O–H groups in total. The first-order chi connectivity index (χ1) is 8.38. The minimum Gasteiger partial charge on any atom is -0.493 e. The molecule has 0 aliphatic rings. The number of benzene rings is 1. The molecule has 0 aliphatic carbocycles. The van der Waals surface area contributed by atoms with Crippen LogP contribution in [0.15, 0.2) is 24.3 Å². The molecule has 17 heavy (non-hydrogen) atoms. The van der Waals surface area contributed by atoms with Gasteiger partial charge in [0.2, 0.25) is 0 Å². The Labute approximate surface area is 103 Å². The van der Waals surface area contributed by atoms with E-state index < -0.39 is 0 Å². The summed E-state index contributed by atoms with van der Waals surface area (Å²) < 4.78 is 15.8. The standard InChI is InChI=1S/C13H21NO3/c1-15-10-5-8-14-9-11-17-13-7-4-3-6-12(13)16-2/h3-4,6-7,14H,5,8-11H2,1-2H3. The molecule has 4 nitrogen and oxygen atoms in total. The molecule has 0 heterocycles. The van der Waals surface area contributed by atoms with Crippen LogP contribution in [-0.4, -0.2) is 40.5 Å². The van der Waals surface area contributed by atoms with E-state index >= 15 is 0 Å². The normalized spacial score (nSPS) is 10.2. The zero-order valence-electron chi connectivity index (χ0n) is 10.6. The number of hydrogen-bond donors (Lipinski definition) is 1. The van der Waals surface area contributed by atoms with Crippen LogP contribution in [0.4, 0.5) is 0 Å². The van der Waals surface area contributed by atoms with Gasteiger partial charge in [0.05, 0.1) is 7.11 Å². The topological polar surface area (TPSA) is 39.7 Å². The molecule has 1 aromatic carbocycles. The van der Waals surface area contributed by atoms with Crippen LogP contribution in [0.5, 0.6) is 11.5 Å². The second kappa shape index (κ2) is 8.84. The van der Waals surface area contributed by atoms with Crippen molar-refractivity contribution in [1.82, 2.24) is 5.32 Å². The maximum Gasteiger partial charge on any atom is 0.161 e. The Morgan fingerprint density at radius 3 is 2.47 bits per heavy atom. The van der Waals surface area contributed by atoms with Crippen LogP contribution in [-0.2, 0) is 4.74 Å². The van der Waals surface area contributed by atoms with Crippen LogP contribution in [0, 0.1) is 0 Å². The highest BCUT2D eigenvalue weighted by Crippen LogP contribution is 2.25. The highest BCUT2D eigenvalue weighted by atomic mass is 16.5. The molecule has 0 aromatic heterocycles. The van der Waals surface area contributed by atoms with Gasteiger partial charge in [0.1, 0.15) is 6.61 Å². The Balaban J connectivity index is 2.13. The molecule has 0 amide bonds. The smallest absolute Gasteiger partial charge is 0.161 e. The summed E-state index contributed by atoms with van der Waals surface area (Å²) >= 11 is 0. The molecule has 0 saturated carbocycles. The largest absolute Gasteiger partial charge is 0.493 e. The van der Waals surface area contributed by atoms with Gasteiger partial charge < -0.3 is 19.5 Å². The fourth-order valence-electron chi connectivity index (χ4n) is 1.44. The van der Waals surface area contributed by atoms with Crippen molar-refractivity contribution in [2.24, 2.45) is 0 Å². The highest BCUT2D eigenvalue weighted by Gasteiger charge is 2.01. The van der Waals surface area contributed by atoms with Crippen molar-refractivity contribution in [2.75, 3.05) is 40.5 Å². The molecule has 96 valence electrons. The number of methoxy groups -OCH3 is 2. The van der Waals surface area contributed by atoms with Crippen LogP contribution in [0.2, 0.25) is 0 Å². The Morgan fingerprint density at radius 1 is 1.00 bits per heavy atom.